The van der Waals surface area contributed by atoms with Crippen LogP contribution in [-0.2, 0) is 16.6 Å². The molecule has 2 N–H and O–H groups in total. The molecule has 17 heteroatoms. The highest BCUT2D eigenvalue weighted by Crippen LogP contribution is 2.42. The Labute approximate surface area is 184 Å². The fourth-order valence-electron chi connectivity index (χ4n) is 2.82. The van der Waals surface area contributed by atoms with Gasteiger partial charge in [0.15, 0.2) is 0 Å². The van der Waals surface area contributed by atoms with Crippen molar-refractivity contribution in [2.45, 2.75) is 35.1 Å². The number of nitrogens with one attached hydrogen (secondary N) is 1. The van der Waals surface area contributed by atoms with Crippen LogP contribution in [0.2, 0.25) is 0 Å². The smallest absolute Gasteiger partial charge is 0.453 e. The van der Waals surface area contributed by atoms with Crippen molar-refractivity contribution in [1.29, 1.82) is 0 Å². The molecule has 3 rings (SSSR count). The SMILES string of the molecule is Cn1nnnc1SCC1=C(C(=O)O)N2C(=O)C(NC(=S)CC(F)(F)C(F)(F)F)[C@H]2SC1. The number of alkyl halides is 5. The number of carboxylic acids is 1. The van der Waals surface area contributed by atoms with Crippen molar-refractivity contribution in [1.82, 2.24) is 30.4 Å². The topological polar surface area (TPSA) is 113 Å². The molecule has 170 valence electrons. The third-order valence-corrected chi connectivity index (χ3v) is 7.02. The van der Waals surface area contributed by atoms with Gasteiger partial charge in [0, 0.05) is 18.6 Å². The van der Waals surface area contributed by atoms with Crippen LogP contribution in [0.3, 0.4) is 0 Å². The van der Waals surface area contributed by atoms with Crippen LogP contribution in [0.25, 0.3) is 0 Å². The number of carbonyl (C=O) groups excluding carboxylic acids is 1. The maximum atomic E-state index is 13.2. The van der Waals surface area contributed by atoms with Gasteiger partial charge in [0.05, 0.1) is 11.4 Å². The van der Waals surface area contributed by atoms with E-state index >= 15 is 0 Å². The Morgan fingerprint density at radius 1 is 1.39 bits per heavy atom. The van der Waals surface area contributed by atoms with Gasteiger partial charge in [-0.2, -0.15) is 22.0 Å². The predicted octanol–water partition coefficient (Wildman–Crippen LogP) is 1.43. The minimum absolute atomic E-state index is 0.174. The van der Waals surface area contributed by atoms with Gasteiger partial charge < -0.3 is 10.4 Å². The number of aliphatic carboxylic acids is 1. The molecule has 1 unspecified atom stereocenters. The van der Waals surface area contributed by atoms with Crippen LogP contribution in [-0.4, -0.2) is 82.1 Å². The van der Waals surface area contributed by atoms with E-state index in [1.165, 1.54) is 4.68 Å². The predicted molar refractivity (Wildman–Crippen MR) is 102 cm³/mol. The van der Waals surface area contributed by atoms with E-state index < -0.39 is 46.8 Å². The number of β-lactam (4-membered cyclic amide) rings is 1. The third-order valence-electron chi connectivity index (χ3n) is 4.32. The number of hydrogen-bond donors (Lipinski definition) is 2. The molecule has 2 atom stereocenters. The molecule has 9 nitrogen and oxygen atoms in total. The molecule has 1 fully saturated rings. The van der Waals surface area contributed by atoms with Gasteiger partial charge in [0.1, 0.15) is 17.1 Å². The molecule has 2 aliphatic rings. The molecule has 3 heterocycles. The summed E-state index contributed by atoms with van der Waals surface area (Å²) in [5, 5.41) is 22.3. The molecule has 1 saturated heterocycles. The second-order valence-electron chi connectivity index (χ2n) is 6.47. The van der Waals surface area contributed by atoms with Crippen LogP contribution in [0.4, 0.5) is 22.0 Å². The summed E-state index contributed by atoms with van der Waals surface area (Å²) in [6.45, 7) is 0. The second-order valence-corrected chi connectivity index (χ2v) is 9.01. The number of thiocarbonyl (C=S) groups is 1. The largest absolute Gasteiger partial charge is 0.477 e. The molecule has 0 bridgehead atoms. The van der Waals surface area contributed by atoms with E-state index in [1.54, 1.807) is 7.05 Å². The Balaban J connectivity index is 1.69. The summed E-state index contributed by atoms with van der Waals surface area (Å²) in [7, 11) is 1.60. The van der Waals surface area contributed by atoms with Crippen LogP contribution in [0.1, 0.15) is 6.42 Å². The molecule has 0 spiro atoms. The van der Waals surface area contributed by atoms with Crippen molar-refractivity contribution in [2.75, 3.05) is 11.5 Å². The lowest BCUT2D eigenvalue weighted by Gasteiger charge is -2.49. The summed E-state index contributed by atoms with van der Waals surface area (Å²) in [5.74, 6) is -6.83. The van der Waals surface area contributed by atoms with Gasteiger partial charge in [-0.05, 0) is 16.0 Å². The van der Waals surface area contributed by atoms with Gasteiger partial charge in [-0.3, -0.25) is 9.69 Å². The van der Waals surface area contributed by atoms with E-state index in [1.807, 2.05) is 0 Å². The van der Waals surface area contributed by atoms with Crippen molar-refractivity contribution in [2.24, 2.45) is 7.05 Å². The zero-order valence-electron chi connectivity index (χ0n) is 15.4. The number of carbonyl (C=O) groups is 2. The molecule has 1 amide bonds. The van der Waals surface area contributed by atoms with Gasteiger partial charge in [-0.15, -0.1) is 16.9 Å². The molecule has 2 aliphatic heterocycles. The van der Waals surface area contributed by atoms with E-state index in [0.29, 0.717) is 10.7 Å². The molecule has 0 aromatic carbocycles. The second kappa shape index (κ2) is 8.50. The first-order chi connectivity index (χ1) is 14.3. The zero-order chi connectivity index (χ0) is 23.1. The van der Waals surface area contributed by atoms with Crippen molar-refractivity contribution in [3.8, 4) is 0 Å². The molecule has 0 radical (unpaired) electrons. The number of amides is 1. The lowest BCUT2D eigenvalue weighted by molar-refractivity contribution is -0.278. The van der Waals surface area contributed by atoms with Gasteiger partial charge in [-0.25, -0.2) is 9.48 Å². The number of thioether (sulfide) groups is 2. The summed E-state index contributed by atoms with van der Waals surface area (Å²) in [5.41, 5.74) is 0.153. The Kier molecular flexibility index (Phi) is 6.48. The van der Waals surface area contributed by atoms with Gasteiger partial charge >= 0.3 is 18.1 Å². The molecule has 0 aliphatic carbocycles. The number of nitrogens with zero attached hydrogens (tertiary/aromatic N) is 5. The van der Waals surface area contributed by atoms with Gasteiger partial charge in [-0.1, -0.05) is 24.0 Å². The highest BCUT2D eigenvalue weighted by atomic mass is 32.2. The highest BCUT2D eigenvalue weighted by Gasteiger charge is 2.59. The van der Waals surface area contributed by atoms with Crippen LogP contribution in [0, 0.1) is 0 Å². The van der Waals surface area contributed by atoms with Crippen LogP contribution < -0.4 is 5.32 Å². The van der Waals surface area contributed by atoms with Crippen molar-refractivity contribution < 1.29 is 36.6 Å². The maximum Gasteiger partial charge on any atom is 0.453 e. The summed E-state index contributed by atoms with van der Waals surface area (Å²) in [4.78, 5) is 24.4. The average molecular weight is 504 g/mol. The standard InChI is InChI=1S/C14H13F5N6O3S3/c1-24-12(21-22-23-24)31-4-5-3-30-10-7(9(26)25(10)8(5)11(27)28)20-6(29)2-13(15,16)14(17,18)19/h7,10H,2-4H2,1H3,(H,20,29)(H,27,28)/t7?,10-/m1/s1. The quantitative estimate of drug-likeness (QED) is 0.245. The van der Waals surface area contributed by atoms with E-state index in [2.05, 4.69) is 33.1 Å². The first kappa shape index (κ1) is 23.6. The summed E-state index contributed by atoms with van der Waals surface area (Å²) in [6.07, 6.45) is -7.58. The average Bonchev–Trinajstić information content (AvgIpc) is 3.07. The van der Waals surface area contributed by atoms with E-state index in [9.17, 15) is 36.6 Å². The summed E-state index contributed by atoms with van der Waals surface area (Å²) in [6, 6.07) is -1.20. The number of aromatic nitrogens is 4. The van der Waals surface area contributed by atoms with Crippen molar-refractivity contribution in [3.63, 3.8) is 0 Å². The highest BCUT2D eigenvalue weighted by molar-refractivity contribution is 8.01. The number of halogens is 5. The normalized spacial score (nSPS) is 21.6. The number of rotatable bonds is 7. The Hall–Kier alpha value is -2.01. The Morgan fingerprint density at radius 2 is 2.06 bits per heavy atom. The number of fused-ring (bicyclic) bond motifs is 1. The van der Waals surface area contributed by atoms with E-state index in [-0.39, 0.29) is 17.2 Å². The zero-order valence-corrected chi connectivity index (χ0v) is 17.8. The molecular weight excluding hydrogens is 491 g/mol. The molecular formula is C14H13F5N6O3S3. The van der Waals surface area contributed by atoms with Gasteiger partial charge in [0.2, 0.25) is 5.16 Å². The van der Waals surface area contributed by atoms with Crippen LogP contribution >= 0.6 is 35.7 Å². The minimum Gasteiger partial charge on any atom is -0.477 e. The first-order valence-electron chi connectivity index (χ1n) is 8.32. The summed E-state index contributed by atoms with van der Waals surface area (Å²) < 4.78 is 64.8. The fraction of sp³-hybridized carbons (Fsp3) is 0.571. The number of hydrogen-bond acceptors (Lipinski definition) is 8. The molecule has 1 aromatic rings. The summed E-state index contributed by atoms with van der Waals surface area (Å²) >= 11 is 6.87. The lowest BCUT2D eigenvalue weighted by atomic mass is 10.0. The third kappa shape index (κ3) is 4.62. The Bertz CT molecular complexity index is 952. The van der Waals surface area contributed by atoms with Crippen molar-refractivity contribution in [3.05, 3.63) is 11.3 Å². The minimum atomic E-state index is -5.78. The number of tetrazole rings is 1. The monoisotopic (exact) mass is 504 g/mol. The number of aryl methyl sites for hydroxylation is 1. The van der Waals surface area contributed by atoms with E-state index in [4.69, 9.17) is 0 Å². The first-order valence-corrected chi connectivity index (χ1v) is 10.8. The number of carboxylic acid groups (broad SMARTS) is 1. The Morgan fingerprint density at radius 3 is 2.61 bits per heavy atom. The van der Waals surface area contributed by atoms with Crippen LogP contribution in [0.15, 0.2) is 16.4 Å². The van der Waals surface area contributed by atoms with Crippen molar-refractivity contribution >= 4 is 52.6 Å². The molecule has 1 aromatic heterocycles. The molecule has 0 saturated carbocycles. The van der Waals surface area contributed by atoms with Gasteiger partial charge in [0.25, 0.3) is 5.91 Å². The lowest BCUT2D eigenvalue weighted by Crippen LogP contribution is -2.70. The van der Waals surface area contributed by atoms with E-state index in [0.717, 1.165) is 28.4 Å². The maximum absolute atomic E-state index is 13.2. The molecule has 31 heavy (non-hydrogen) atoms. The van der Waals surface area contributed by atoms with Crippen LogP contribution in [0.5, 0.6) is 0 Å². The fourth-order valence-corrected chi connectivity index (χ4v) is 5.46.